The molecule has 1 amide bonds. The molecule has 0 heterocycles. The lowest BCUT2D eigenvalue weighted by Gasteiger charge is -2.23. The van der Waals surface area contributed by atoms with Crippen molar-refractivity contribution >= 4 is 24.4 Å². The van der Waals surface area contributed by atoms with Crippen molar-refractivity contribution in [2.24, 2.45) is 0 Å². The van der Waals surface area contributed by atoms with Gasteiger partial charge in [0.1, 0.15) is 0 Å². The highest BCUT2D eigenvalue weighted by molar-refractivity contribution is 7.73. The van der Waals surface area contributed by atoms with E-state index in [0.29, 0.717) is 6.16 Å². The van der Waals surface area contributed by atoms with Gasteiger partial charge in [0.05, 0.1) is 6.16 Å². The quantitative estimate of drug-likeness (QED) is 0.751. The molecule has 0 unspecified atom stereocenters. The van der Waals surface area contributed by atoms with E-state index in [9.17, 15) is 4.79 Å². The third-order valence-corrected chi connectivity index (χ3v) is 5.97. The van der Waals surface area contributed by atoms with E-state index in [2.05, 4.69) is 48.5 Å². The van der Waals surface area contributed by atoms with E-state index in [1.807, 2.05) is 30.9 Å². The Hall–Kier alpha value is -1.66. The average Bonchev–Trinajstić information content (AvgIpc) is 2.55. The number of hydrogen-bond donors (Lipinski definition) is 0. The molecule has 2 nitrogen and oxygen atoms in total. The molecule has 0 fully saturated rings. The van der Waals surface area contributed by atoms with Crippen molar-refractivity contribution in [3.05, 3.63) is 60.7 Å². The summed E-state index contributed by atoms with van der Waals surface area (Å²) in [6, 6.07) is 20.8. The van der Waals surface area contributed by atoms with E-state index in [1.54, 1.807) is 0 Å². The summed E-state index contributed by atoms with van der Waals surface area (Å²) < 4.78 is 0. The second-order valence-corrected chi connectivity index (χ2v) is 7.03. The summed E-state index contributed by atoms with van der Waals surface area (Å²) in [4.78, 5) is 14.4. The van der Waals surface area contributed by atoms with Gasteiger partial charge in [-0.2, -0.15) is 0 Å². The van der Waals surface area contributed by atoms with Crippen LogP contribution in [-0.4, -0.2) is 30.1 Å². The Balaban J connectivity index is 2.27. The van der Waals surface area contributed by atoms with Crippen LogP contribution in [0.2, 0.25) is 0 Å². The normalized spacial score (nSPS) is 10.6. The fourth-order valence-corrected chi connectivity index (χ4v) is 4.56. The Kier molecular flexibility index (Phi) is 5.95. The maximum atomic E-state index is 12.5. The van der Waals surface area contributed by atoms with Gasteiger partial charge in [0.2, 0.25) is 5.91 Å². The molecule has 2 aromatic carbocycles. The first-order valence-electron chi connectivity index (χ1n) is 7.41. The molecule has 0 aliphatic rings. The average molecular weight is 299 g/mol. The number of nitrogens with zero attached hydrogens (tertiary/aromatic N) is 1. The van der Waals surface area contributed by atoms with Crippen molar-refractivity contribution in [2.75, 3.05) is 19.3 Å². The zero-order chi connectivity index (χ0) is 15.1. The van der Waals surface area contributed by atoms with Gasteiger partial charge in [-0.3, -0.25) is 4.79 Å². The molecule has 2 aromatic rings. The molecular formula is C18H22NOP. The molecule has 0 saturated heterocycles. The SMILES string of the molecule is CCN(CC)C(=O)CP(c1ccccc1)c1ccccc1. The van der Waals surface area contributed by atoms with Crippen LogP contribution in [0.15, 0.2) is 60.7 Å². The largest absolute Gasteiger partial charge is 0.343 e. The van der Waals surface area contributed by atoms with E-state index >= 15 is 0 Å². The Morgan fingerprint density at radius 3 is 1.67 bits per heavy atom. The number of rotatable bonds is 6. The topological polar surface area (TPSA) is 20.3 Å². The summed E-state index contributed by atoms with van der Waals surface area (Å²) in [5.41, 5.74) is 0. The van der Waals surface area contributed by atoms with Gasteiger partial charge in [-0.15, -0.1) is 0 Å². The third kappa shape index (κ3) is 4.15. The molecule has 0 aliphatic heterocycles. The first-order chi connectivity index (χ1) is 10.3. The molecule has 0 bridgehead atoms. The zero-order valence-corrected chi connectivity index (χ0v) is 13.6. The van der Waals surface area contributed by atoms with E-state index < -0.39 is 7.92 Å². The molecule has 0 saturated carbocycles. The van der Waals surface area contributed by atoms with Crippen LogP contribution in [0, 0.1) is 0 Å². The van der Waals surface area contributed by atoms with Gasteiger partial charge in [-0.05, 0) is 32.4 Å². The van der Waals surface area contributed by atoms with Gasteiger partial charge in [0.15, 0.2) is 0 Å². The molecule has 3 heteroatoms. The Bertz CT molecular complexity index is 512. The van der Waals surface area contributed by atoms with Crippen LogP contribution in [0.3, 0.4) is 0 Å². The van der Waals surface area contributed by atoms with Crippen LogP contribution in [0.25, 0.3) is 0 Å². The standard InChI is InChI=1S/C18H22NOP/c1-3-19(4-2)18(20)15-21(16-11-7-5-8-12-16)17-13-9-6-10-14-17/h5-14H,3-4,15H2,1-2H3. The van der Waals surface area contributed by atoms with E-state index in [-0.39, 0.29) is 5.91 Å². The zero-order valence-electron chi connectivity index (χ0n) is 12.7. The molecule has 110 valence electrons. The van der Waals surface area contributed by atoms with Crippen LogP contribution in [0.1, 0.15) is 13.8 Å². The number of amides is 1. The third-order valence-electron chi connectivity index (χ3n) is 3.55. The molecule has 0 N–H and O–H groups in total. The summed E-state index contributed by atoms with van der Waals surface area (Å²) in [6.07, 6.45) is 0.588. The van der Waals surface area contributed by atoms with E-state index in [4.69, 9.17) is 0 Å². The minimum absolute atomic E-state index is 0.249. The minimum Gasteiger partial charge on any atom is -0.343 e. The molecule has 0 atom stereocenters. The van der Waals surface area contributed by atoms with Crippen molar-refractivity contribution in [3.8, 4) is 0 Å². The first kappa shape index (κ1) is 15.7. The predicted molar refractivity (Wildman–Crippen MR) is 91.9 cm³/mol. The van der Waals surface area contributed by atoms with Crippen molar-refractivity contribution < 1.29 is 4.79 Å². The number of carbonyl (C=O) groups is 1. The van der Waals surface area contributed by atoms with Gasteiger partial charge in [0, 0.05) is 13.1 Å². The van der Waals surface area contributed by atoms with Crippen LogP contribution in [0.5, 0.6) is 0 Å². The highest BCUT2D eigenvalue weighted by Gasteiger charge is 2.20. The smallest absolute Gasteiger partial charge is 0.227 e. The highest BCUT2D eigenvalue weighted by Crippen LogP contribution is 2.33. The van der Waals surface area contributed by atoms with Gasteiger partial charge >= 0.3 is 0 Å². The summed E-state index contributed by atoms with van der Waals surface area (Å²) in [5, 5.41) is 2.53. The van der Waals surface area contributed by atoms with Crippen LogP contribution in [-0.2, 0) is 4.79 Å². The number of hydrogen-bond acceptors (Lipinski definition) is 1. The predicted octanol–water partition coefficient (Wildman–Crippen LogP) is 2.99. The molecule has 21 heavy (non-hydrogen) atoms. The van der Waals surface area contributed by atoms with E-state index in [0.717, 1.165) is 13.1 Å². The summed E-state index contributed by atoms with van der Waals surface area (Å²) in [7, 11) is -0.625. The minimum atomic E-state index is -0.625. The molecule has 0 aromatic heterocycles. The van der Waals surface area contributed by atoms with Crippen molar-refractivity contribution in [1.29, 1.82) is 0 Å². The van der Waals surface area contributed by atoms with Gasteiger partial charge < -0.3 is 4.90 Å². The first-order valence-corrected chi connectivity index (χ1v) is 8.94. The van der Waals surface area contributed by atoms with Crippen molar-refractivity contribution in [2.45, 2.75) is 13.8 Å². The van der Waals surface area contributed by atoms with Crippen molar-refractivity contribution in [3.63, 3.8) is 0 Å². The number of benzene rings is 2. The molecule has 0 spiro atoms. The lowest BCUT2D eigenvalue weighted by molar-refractivity contribution is -0.128. The lowest BCUT2D eigenvalue weighted by atomic mass is 10.4. The van der Waals surface area contributed by atoms with Crippen LogP contribution < -0.4 is 10.6 Å². The maximum absolute atomic E-state index is 12.5. The van der Waals surface area contributed by atoms with Crippen LogP contribution in [0.4, 0.5) is 0 Å². The van der Waals surface area contributed by atoms with Gasteiger partial charge in [-0.25, -0.2) is 0 Å². The molecule has 0 radical (unpaired) electrons. The highest BCUT2D eigenvalue weighted by atomic mass is 31.1. The maximum Gasteiger partial charge on any atom is 0.227 e. The Labute approximate surface area is 128 Å². The Morgan fingerprint density at radius 2 is 1.29 bits per heavy atom. The summed E-state index contributed by atoms with van der Waals surface area (Å²) in [5.74, 6) is 0.249. The van der Waals surface area contributed by atoms with Crippen molar-refractivity contribution in [1.82, 2.24) is 4.90 Å². The summed E-state index contributed by atoms with van der Waals surface area (Å²) >= 11 is 0. The second kappa shape index (κ2) is 7.95. The molecule has 2 rings (SSSR count). The fraction of sp³-hybridized carbons (Fsp3) is 0.278. The van der Waals surface area contributed by atoms with Gasteiger partial charge in [0.25, 0.3) is 0 Å². The number of carbonyl (C=O) groups excluding carboxylic acids is 1. The summed E-state index contributed by atoms with van der Waals surface area (Å²) in [6.45, 7) is 5.63. The lowest BCUT2D eigenvalue weighted by Crippen LogP contribution is -2.34. The Morgan fingerprint density at radius 1 is 0.857 bits per heavy atom. The molecule has 0 aliphatic carbocycles. The van der Waals surface area contributed by atoms with Crippen LogP contribution >= 0.6 is 7.92 Å². The second-order valence-electron chi connectivity index (χ2n) is 4.82. The van der Waals surface area contributed by atoms with Gasteiger partial charge in [-0.1, -0.05) is 60.7 Å². The fourth-order valence-electron chi connectivity index (χ4n) is 2.36. The van der Waals surface area contributed by atoms with E-state index in [1.165, 1.54) is 10.6 Å². The molecular weight excluding hydrogens is 277 g/mol. The monoisotopic (exact) mass is 299 g/mol.